The fraction of sp³-hybridized carbons (Fsp3) is 0.0714. The van der Waals surface area contributed by atoms with Crippen LogP contribution < -0.4 is 5.32 Å². The number of halogens is 3. The number of rotatable bonds is 2. The molecule has 98 valence electrons. The molecule has 0 saturated heterocycles. The van der Waals surface area contributed by atoms with Gasteiger partial charge in [0.15, 0.2) is 0 Å². The lowest BCUT2D eigenvalue weighted by Gasteiger charge is -2.09. The molecule has 19 heavy (non-hydrogen) atoms. The van der Waals surface area contributed by atoms with Crippen LogP contribution in [0.15, 0.2) is 40.9 Å². The lowest BCUT2D eigenvalue weighted by Crippen LogP contribution is -2.13. The second-order valence-corrected chi connectivity index (χ2v) is 6.57. The van der Waals surface area contributed by atoms with Gasteiger partial charge >= 0.3 is 0 Å². The highest BCUT2D eigenvalue weighted by molar-refractivity contribution is 14.1. The van der Waals surface area contributed by atoms with Crippen LogP contribution in [0.4, 0.5) is 5.69 Å². The number of anilines is 1. The van der Waals surface area contributed by atoms with E-state index in [0.717, 1.165) is 13.6 Å². The highest BCUT2D eigenvalue weighted by atomic mass is 127. The van der Waals surface area contributed by atoms with Crippen LogP contribution in [0.1, 0.15) is 15.9 Å². The van der Waals surface area contributed by atoms with Crippen molar-refractivity contribution in [2.24, 2.45) is 0 Å². The van der Waals surface area contributed by atoms with Crippen molar-refractivity contribution in [3.05, 3.63) is 60.6 Å². The number of hydrogen-bond donors (Lipinski definition) is 1. The minimum Gasteiger partial charge on any atom is -0.321 e. The van der Waals surface area contributed by atoms with Gasteiger partial charge < -0.3 is 5.32 Å². The molecular formula is C14H10BrClINO. The van der Waals surface area contributed by atoms with Crippen LogP contribution >= 0.6 is 50.1 Å². The predicted octanol–water partition coefficient (Wildman–Crippen LogP) is 5.27. The second kappa shape index (κ2) is 6.24. The van der Waals surface area contributed by atoms with E-state index in [-0.39, 0.29) is 5.91 Å². The zero-order chi connectivity index (χ0) is 14.0. The number of carbonyl (C=O) groups excluding carboxylic acids is 1. The normalized spacial score (nSPS) is 10.3. The first-order valence-corrected chi connectivity index (χ1v) is 7.75. The van der Waals surface area contributed by atoms with Gasteiger partial charge in [0, 0.05) is 8.04 Å². The lowest BCUT2D eigenvalue weighted by atomic mass is 10.1. The summed E-state index contributed by atoms with van der Waals surface area (Å²) in [7, 11) is 0. The summed E-state index contributed by atoms with van der Waals surface area (Å²) in [6, 6.07) is 11.1. The zero-order valence-corrected chi connectivity index (χ0v) is 14.5. The highest BCUT2D eigenvalue weighted by Gasteiger charge is 2.12. The molecule has 0 unspecified atom stereocenters. The second-order valence-electron chi connectivity index (χ2n) is 4.06. The van der Waals surface area contributed by atoms with Gasteiger partial charge in [-0.3, -0.25) is 4.79 Å². The van der Waals surface area contributed by atoms with E-state index in [9.17, 15) is 4.79 Å². The molecule has 5 heteroatoms. The number of amides is 1. The van der Waals surface area contributed by atoms with Crippen molar-refractivity contribution in [1.29, 1.82) is 0 Å². The molecule has 0 heterocycles. The minimum atomic E-state index is -0.181. The Morgan fingerprint density at radius 2 is 2.00 bits per heavy atom. The van der Waals surface area contributed by atoms with E-state index < -0.39 is 0 Å². The van der Waals surface area contributed by atoms with Crippen molar-refractivity contribution in [2.75, 3.05) is 5.32 Å². The Balaban J connectivity index is 2.30. The topological polar surface area (TPSA) is 29.1 Å². The smallest absolute Gasteiger partial charge is 0.256 e. The van der Waals surface area contributed by atoms with Crippen LogP contribution in [0, 0.1) is 10.5 Å². The van der Waals surface area contributed by atoms with Crippen LogP contribution in [0.3, 0.4) is 0 Å². The molecule has 0 aliphatic carbocycles. The van der Waals surface area contributed by atoms with E-state index in [1.54, 1.807) is 6.07 Å². The van der Waals surface area contributed by atoms with Gasteiger partial charge in [-0.05, 0) is 75.8 Å². The molecule has 0 fully saturated rings. The maximum absolute atomic E-state index is 12.2. The van der Waals surface area contributed by atoms with E-state index in [2.05, 4.69) is 43.8 Å². The average molecular weight is 451 g/mol. The Kier molecular flexibility index (Phi) is 4.86. The number of hydrogen-bond acceptors (Lipinski definition) is 1. The molecule has 0 atom stereocenters. The Bertz CT molecular complexity index is 645. The molecule has 2 rings (SSSR count). The van der Waals surface area contributed by atoms with Gasteiger partial charge in [-0.25, -0.2) is 0 Å². The molecule has 0 bridgehead atoms. The summed E-state index contributed by atoms with van der Waals surface area (Å²) in [6.07, 6.45) is 0. The van der Waals surface area contributed by atoms with Crippen molar-refractivity contribution >= 4 is 61.7 Å². The summed E-state index contributed by atoms with van der Waals surface area (Å²) < 4.78 is 1.78. The summed E-state index contributed by atoms with van der Waals surface area (Å²) in [6.45, 7) is 1.95. The van der Waals surface area contributed by atoms with Gasteiger partial charge in [-0.1, -0.05) is 23.2 Å². The molecule has 2 nitrogen and oxygen atoms in total. The van der Waals surface area contributed by atoms with Crippen LogP contribution in [0.2, 0.25) is 5.02 Å². The maximum Gasteiger partial charge on any atom is 0.256 e. The van der Waals surface area contributed by atoms with E-state index in [0.29, 0.717) is 16.3 Å². The summed E-state index contributed by atoms with van der Waals surface area (Å²) in [5, 5.41) is 3.36. The summed E-state index contributed by atoms with van der Waals surface area (Å²) in [4.78, 5) is 12.2. The third-order valence-electron chi connectivity index (χ3n) is 2.54. The van der Waals surface area contributed by atoms with Gasteiger partial charge in [0.05, 0.1) is 16.3 Å². The van der Waals surface area contributed by atoms with Crippen LogP contribution in [-0.2, 0) is 0 Å². The molecule has 2 aromatic rings. The molecule has 0 saturated carbocycles. The highest BCUT2D eigenvalue weighted by Crippen LogP contribution is 2.26. The van der Waals surface area contributed by atoms with Gasteiger partial charge in [0.1, 0.15) is 0 Å². The van der Waals surface area contributed by atoms with Gasteiger partial charge in [-0.15, -0.1) is 0 Å². The molecule has 0 aromatic heterocycles. The third-order valence-corrected chi connectivity index (χ3v) is 4.24. The standard InChI is InChI=1S/C14H10BrClINO/c1-8-2-4-11(15)10(6-8)14(19)18-13-7-9(17)3-5-12(13)16/h2-7H,1H3,(H,18,19). The van der Waals surface area contributed by atoms with Crippen LogP contribution in [0.5, 0.6) is 0 Å². The van der Waals surface area contributed by atoms with Crippen LogP contribution in [0.25, 0.3) is 0 Å². The Morgan fingerprint density at radius 3 is 2.74 bits per heavy atom. The van der Waals surface area contributed by atoms with Crippen molar-refractivity contribution in [3.8, 4) is 0 Å². The number of benzene rings is 2. The fourth-order valence-corrected chi connectivity index (χ4v) is 2.68. The largest absolute Gasteiger partial charge is 0.321 e. The quantitative estimate of drug-likeness (QED) is 0.621. The maximum atomic E-state index is 12.2. The number of nitrogens with one attached hydrogen (secondary N) is 1. The molecule has 2 aromatic carbocycles. The summed E-state index contributed by atoms with van der Waals surface area (Å²) >= 11 is 11.6. The van der Waals surface area contributed by atoms with Crippen molar-refractivity contribution in [3.63, 3.8) is 0 Å². The zero-order valence-electron chi connectivity index (χ0n) is 10.0. The molecule has 0 aliphatic rings. The van der Waals surface area contributed by atoms with Gasteiger partial charge in [-0.2, -0.15) is 0 Å². The average Bonchev–Trinajstić information content (AvgIpc) is 2.36. The van der Waals surface area contributed by atoms with Crippen LogP contribution in [-0.4, -0.2) is 5.91 Å². The molecule has 0 aliphatic heterocycles. The molecule has 1 N–H and O–H groups in total. The van der Waals surface area contributed by atoms with Crippen molar-refractivity contribution < 1.29 is 4.79 Å². The third kappa shape index (κ3) is 3.70. The van der Waals surface area contributed by atoms with E-state index in [1.807, 2.05) is 37.3 Å². The summed E-state index contributed by atoms with van der Waals surface area (Å²) in [5.41, 5.74) is 2.24. The minimum absolute atomic E-state index is 0.181. The fourth-order valence-electron chi connectivity index (χ4n) is 1.60. The summed E-state index contributed by atoms with van der Waals surface area (Å²) in [5.74, 6) is -0.181. The molecule has 0 spiro atoms. The first-order valence-electron chi connectivity index (χ1n) is 5.50. The van der Waals surface area contributed by atoms with E-state index in [1.165, 1.54) is 0 Å². The van der Waals surface area contributed by atoms with Gasteiger partial charge in [0.25, 0.3) is 5.91 Å². The molecular weight excluding hydrogens is 440 g/mol. The van der Waals surface area contributed by atoms with Gasteiger partial charge in [0.2, 0.25) is 0 Å². The van der Waals surface area contributed by atoms with Crippen molar-refractivity contribution in [1.82, 2.24) is 0 Å². The first-order chi connectivity index (χ1) is 8.97. The predicted molar refractivity (Wildman–Crippen MR) is 91.0 cm³/mol. The van der Waals surface area contributed by atoms with E-state index in [4.69, 9.17) is 11.6 Å². The first kappa shape index (κ1) is 14.8. The Morgan fingerprint density at radius 1 is 1.26 bits per heavy atom. The Hall–Kier alpha value is -0.590. The van der Waals surface area contributed by atoms with Crippen molar-refractivity contribution in [2.45, 2.75) is 6.92 Å². The Labute approximate surface area is 138 Å². The van der Waals surface area contributed by atoms with E-state index >= 15 is 0 Å². The SMILES string of the molecule is Cc1ccc(Br)c(C(=O)Nc2cc(I)ccc2Cl)c1. The molecule has 0 radical (unpaired) electrons. The monoisotopic (exact) mass is 449 g/mol. The number of carbonyl (C=O) groups is 1. The lowest BCUT2D eigenvalue weighted by molar-refractivity contribution is 0.102. The molecule has 1 amide bonds. The number of aryl methyl sites for hydroxylation is 1.